The van der Waals surface area contributed by atoms with Crippen LogP contribution in [0.15, 0.2) is 12.7 Å². The Kier molecular flexibility index (Phi) is 6.13. The Bertz CT molecular complexity index is 218. The van der Waals surface area contributed by atoms with Gasteiger partial charge in [0.05, 0.1) is 0 Å². The fourth-order valence-corrected chi connectivity index (χ4v) is 0.829. The highest BCUT2D eigenvalue weighted by Crippen LogP contribution is 1.89. The van der Waals surface area contributed by atoms with Crippen molar-refractivity contribution in [2.24, 2.45) is 5.73 Å². The number of hydrogen-bond donors (Lipinski definition) is 3. The first-order valence-corrected chi connectivity index (χ1v) is 4.17. The maximum Gasteiger partial charge on any atom is 0.323 e. The van der Waals surface area contributed by atoms with Crippen LogP contribution in [-0.4, -0.2) is 48.2 Å². The van der Waals surface area contributed by atoms with Crippen LogP contribution in [0.4, 0.5) is 4.79 Å². The van der Waals surface area contributed by atoms with Gasteiger partial charge < -0.3 is 21.1 Å². The highest BCUT2D eigenvalue weighted by atomic mass is 16.4. The molecule has 0 aliphatic heterocycles. The highest BCUT2D eigenvalue weighted by Gasteiger charge is 2.13. The summed E-state index contributed by atoms with van der Waals surface area (Å²) in [6.07, 6.45) is 1.46. The van der Waals surface area contributed by atoms with Crippen LogP contribution < -0.4 is 11.1 Å². The Hall–Kier alpha value is -1.56. The summed E-state index contributed by atoms with van der Waals surface area (Å²) in [5.74, 6) is -1.06. The van der Waals surface area contributed by atoms with E-state index in [-0.39, 0.29) is 13.1 Å². The van der Waals surface area contributed by atoms with Gasteiger partial charge in [-0.2, -0.15) is 0 Å². The van der Waals surface area contributed by atoms with Crippen LogP contribution in [0.3, 0.4) is 0 Å². The molecule has 0 heterocycles. The first-order chi connectivity index (χ1) is 6.61. The maximum atomic E-state index is 11.3. The summed E-state index contributed by atoms with van der Waals surface area (Å²) in [7, 11) is 0. The van der Waals surface area contributed by atoms with Gasteiger partial charge in [-0.1, -0.05) is 6.08 Å². The number of carbonyl (C=O) groups excluding carboxylic acids is 1. The van der Waals surface area contributed by atoms with Crippen molar-refractivity contribution in [1.82, 2.24) is 10.2 Å². The molecule has 2 amide bonds. The second-order valence-corrected chi connectivity index (χ2v) is 2.58. The molecule has 4 N–H and O–H groups in total. The van der Waals surface area contributed by atoms with Gasteiger partial charge in [0.25, 0.3) is 0 Å². The summed E-state index contributed by atoms with van der Waals surface area (Å²) in [4.78, 5) is 22.8. The summed E-state index contributed by atoms with van der Waals surface area (Å²) in [6, 6.07) is -0.447. The lowest BCUT2D eigenvalue weighted by Crippen LogP contribution is -2.44. The minimum Gasteiger partial charge on any atom is -0.480 e. The summed E-state index contributed by atoms with van der Waals surface area (Å²) in [6.45, 7) is 3.93. The van der Waals surface area contributed by atoms with E-state index in [1.807, 2.05) is 0 Å². The van der Waals surface area contributed by atoms with Crippen LogP contribution in [0.2, 0.25) is 0 Å². The number of carboxylic acids is 1. The van der Waals surface area contributed by atoms with Crippen LogP contribution in [0.25, 0.3) is 0 Å². The number of rotatable bonds is 6. The summed E-state index contributed by atoms with van der Waals surface area (Å²) in [5, 5.41) is 11.0. The zero-order valence-corrected chi connectivity index (χ0v) is 7.90. The number of carbonyl (C=O) groups is 2. The predicted molar refractivity (Wildman–Crippen MR) is 51.9 cm³/mol. The number of hydrogen-bond acceptors (Lipinski definition) is 3. The molecule has 0 aromatic carbocycles. The molecule has 0 aromatic heterocycles. The van der Waals surface area contributed by atoms with Gasteiger partial charge in [-0.15, -0.1) is 6.58 Å². The molecule has 0 saturated carbocycles. The van der Waals surface area contributed by atoms with Crippen LogP contribution in [0.5, 0.6) is 0 Å². The zero-order valence-electron chi connectivity index (χ0n) is 7.90. The summed E-state index contributed by atoms with van der Waals surface area (Å²) < 4.78 is 0. The van der Waals surface area contributed by atoms with E-state index in [1.165, 1.54) is 6.08 Å². The van der Waals surface area contributed by atoms with Crippen LogP contribution >= 0.6 is 0 Å². The zero-order chi connectivity index (χ0) is 11.0. The minimum absolute atomic E-state index is 0.197. The van der Waals surface area contributed by atoms with Gasteiger partial charge in [0.2, 0.25) is 0 Å². The molecule has 14 heavy (non-hydrogen) atoms. The van der Waals surface area contributed by atoms with E-state index in [2.05, 4.69) is 11.9 Å². The van der Waals surface area contributed by atoms with Crippen molar-refractivity contribution < 1.29 is 14.7 Å². The van der Waals surface area contributed by atoms with E-state index in [1.54, 1.807) is 0 Å². The lowest BCUT2D eigenvalue weighted by atomic mass is 10.4. The molecule has 0 spiro atoms. The number of nitrogens with one attached hydrogen (secondary N) is 1. The SMILES string of the molecule is C=CCN(CC(=O)O)C(=O)NCCN. The molecule has 0 aliphatic rings. The van der Waals surface area contributed by atoms with Crippen LogP contribution in [-0.2, 0) is 4.79 Å². The molecule has 0 atom stereocenters. The molecule has 0 aromatic rings. The van der Waals surface area contributed by atoms with E-state index in [0.29, 0.717) is 13.1 Å². The number of urea groups is 1. The fraction of sp³-hybridized carbons (Fsp3) is 0.500. The van der Waals surface area contributed by atoms with E-state index < -0.39 is 12.0 Å². The van der Waals surface area contributed by atoms with Gasteiger partial charge in [0, 0.05) is 19.6 Å². The third kappa shape index (κ3) is 5.15. The molecule has 80 valence electrons. The third-order valence-corrected chi connectivity index (χ3v) is 1.38. The second kappa shape index (κ2) is 6.90. The van der Waals surface area contributed by atoms with Gasteiger partial charge in [0.1, 0.15) is 6.54 Å². The molecule has 6 nitrogen and oxygen atoms in total. The van der Waals surface area contributed by atoms with Crippen molar-refractivity contribution in [2.45, 2.75) is 0 Å². The molecule has 0 saturated heterocycles. The van der Waals surface area contributed by atoms with E-state index in [4.69, 9.17) is 10.8 Å². The first kappa shape index (κ1) is 12.4. The lowest BCUT2D eigenvalue weighted by molar-refractivity contribution is -0.137. The van der Waals surface area contributed by atoms with Crippen molar-refractivity contribution in [3.8, 4) is 0 Å². The number of nitrogens with two attached hydrogens (primary N) is 1. The van der Waals surface area contributed by atoms with E-state index >= 15 is 0 Å². The third-order valence-electron chi connectivity index (χ3n) is 1.38. The van der Waals surface area contributed by atoms with Crippen molar-refractivity contribution in [2.75, 3.05) is 26.2 Å². The van der Waals surface area contributed by atoms with E-state index in [0.717, 1.165) is 4.90 Å². The van der Waals surface area contributed by atoms with Crippen molar-refractivity contribution in [1.29, 1.82) is 0 Å². The number of nitrogens with zero attached hydrogens (tertiary/aromatic N) is 1. The van der Waals surface area contributed by atoms with E-state index in [9.17, 15) is 9.59 Å². The Balaban J connectivity index is 4.10. The molecule has 0 rings (SSSR count). The highest BCUT2D eigenvalue weighted by molar-refractivity contribution is 5.80. The Labute approximate surface area is 82.4 Å². The number of carboxylic acid groups (broad SMARTS) is 1. The summed E-state index contributed by atoms with van der Waals surface area (Å²) in [5.41, 5.74) is 5.18. The van der Waals surface area contributed by atoms with Crippen LogP contribution in [0.1, 0.15) is 0 Å². The van der Waals surface area contributed by atoms with Crippen LogP contribution in [0, 0.1) is 0 Å². The monoisotopic (exact) mass is 201 g/mol. The normalized spacial score (nSPS) is 9.21. The van der Waals surface area contributed by atoms with Gasteiger partial charge in [-0.3, -0.25) is 4.79 Å². The van der Waals surface area contributed by atoms with Crippen molar-refractivity contribution >= 4 is 12.0 Å². The topological polar surface area (TPSA) is 95.7 Å². The minimum atomic E-state index is -1.06. The Morgan fingerprint density at radius 2 is 2.21 bits per heavy atom. The molecular weight excluding hydrogens is 186 g/mol. The van der Waals surface area contributed by atoms with Gasteiger partial charge in [0.15, 0.2) is 0 Å². The van der Waals surface area contributed by atoms with Gasteiger partial charge in [-0.25, -0.2) is 4.79 Å². The standard InChI is InChI=1S/C8H15N3O3/c1-2-5-11(6-7(12)13)8(14)10-4-3-9/h2H,1,3-6,9H2,(H,10,14)(H,12,13). The number of amides is 2. The van der Waals surface area contributed by atoms with Gasteiger partial charge in [-0.05, 0) is 0 Å². The largest absolute Gasteiger partial charge is 0.480 e. The molecule has 0 bridgehead atoms. The smallest absolute Gasteiger partial charge is 0.323 e. The molecular formula is C8H15N3O3. The predicted octanol–water partition coefficient (Wildman–Crippen LogP) is -0.773. The Morgan fingerprint density at radius 3 is 2.64 bits per heavy atom. The molecule has 0 aliphatic carbocycles. The molecule has 0 unspecified atom stereocenters. The average molecular weight is 201 g/mol. The second-order valence-electron chi connectivity index (χ2n) is 2.58. The quantitative estimate of drug-likeness (QED) is 0.491. The lowest BCUT2D eigenvalue weighted by Gasteiger charge is -2.18. The Morgan fingerprint density at radius 1 is 1.57 bits per heavy atom. The molecule has 0 radical (unpaired) electrons. The van der Waals surface area contributed by atoms with Crippen molar-refractivity contribution in [3.63, 3.8) is 0 Å². The number of aliphatic carboxylic acids is 1. The summed E-state index contributed by atoms with van der Waals surface area (Å²) >= 11 is 0. The molecule has 6 heteroatoms. The fourth-order valence-electron chi connectivity index (χ4n) is 0.829. The first-order valence-electron chi connectivity index (χ1n) is 4.17. The van der Waals surface area contributed by atoms with Gasteiger partial charge >= 0.3 is 12.0 Å². The average Bonchev–Trinajstić information content (AvgIpc) is 2.13. The van der Waals surface area contributed by atoms with Crippen molar-refractivity contribution in [3.05, 3.63) is 12.7 Å². The molecule has 0 fully saturated rings. The maximum absolute atomic E-state index is 11.3.